The zero-order valence-corrected chi connectivity index (χ0v) is 34.6. The van der Waals surface area contributed by atoms with Crippen molar-refractivity contribution >= 4 is 19.2 Å². The third-order valence-electron chi connectivity index (χ3n) is 10.4. The molecule has 4 heterocycles. The summed E-state index contributed by atoms with van der Waals surface area (Å²) in [5, 5.41) is 25.9. The summed E-state index contributed by atoms with van der Waals surface area (Å²) in [4.78, 5) is 21.1. The van der Waals surface area contributed by atoms with Gasteiger partial charge in [-0.05, 0) is 25.5 Å². The van der Waals surface area contributed by atoms with Crippen molar-refractivity contribution in [3.05, 3.63) is 47.9 Å². The lowest BCUT2D eigenvalue weighted by Crippen LogP contribution is -2.39. The standard InChI is InChI=1S/C39H62F3N6O9P/c1-3-4-5-6-7-8-9-10-11-12-13-14-15-16-17-18-21-53-25-30(54-24-29-22-44-37(45-23-29)39(40,41)42)26-55-58(51,52)56-27-32-34(49)35(50)38(2,57-32)33-20-19-31-36(43)46-28-47-48(31)33/h19-20,22-23,28,30,32,34-35,49-50H,3-18,21,24-27H2,1-2H3,(H,51,52)(H2,43,46,47)/t30-,32-,34-,35-,38+/m1/s1. The number of aliphatic hydroxyl groups is 2. The van der Waals surface area contributed by atoms with E-state index in [1.807, 2.05) is 0 Å². The molecule has 328 valence electrons. The van der Waals surface area contributed by atoms with E-state index in [9.17, 15) is 32.8 Å². The van der Waals surface area contributed by atoms with Crippen LogP contribution in [0.15, 0.2) is 30.9 Å². The fraction of sp³-hybridized carbons (Fsp3) is 0.744. The van der Waals surface area contributed by atoms with Gasteiger partial charge in [0.25, 0.3) is 0 Å². The van der Waals surface area contributed by atoms with Crippen LogP contribution in [-0.4, -0.2) is 90.5 Å². The highest BCUT2D eigenvalue weighted by atomic mass is 31.2. The molecule has 1 fully saturated rings. The Bertz CT molecular complexity index is 1670. The molecule has 1 aliphatic rings. The number of anilines is 1. The molecule has 1 saturated heterocycles. The van der Waals surface area contributed by atoms with Gasteiger partial charge in [0, 0.05) is 24.6 Å². The number of phosphoric acid groups is 1. The molecule has 3 aromatic rings. The second-order valence-corrected chi connectivity index (χ2v) is 16.6. The predicted octanol–water partition coefficient (Wildman–Crippen LogP) is 7.45. The van der Waals surface area contributed by atoms with Crippen LogP contribution < -0.4 is 5.73 Å². The Labute approximate surface area is 338 Å². The summed E-state index contributed by atoms with van der Waals surface area (Å²) in [6.07, 6.45) is 13.2. The number of aromatic nitrogens is 5. The van der Waals surface area contributed by atoms with Crippen LogP contribution >= 0.6 is 7.82 Å². The van der Waals surface area contributed by atoms with E-state index in [4.69, 9.17) is 29.0 Å². The second-order valence-electron chi connectivity index (χ2n) is 15.1. The number of hydrogen-bond acceptors (Lipinski definition) is 13. The molecule has 0 spiro atoms. The number of aliphatic hydroxyl groups excluding tert-OH is 2. The zero-order valence-electron chi connectivity index (χ0n) is 33.7. The van der Waals surface area contributed by atoms with E-state index in [-0.39, 0.29) is 24.6 Å². The Hall–Kier alpha value is -2.80. The Morgan fingerprint density at radius 2 is 1.48 bits per heavy atom. The van der Waals surface area contributed by atoms with Crippen LogP contribution in [0.25, 0.3) is 5.52 Å². The Morgan fingerprint density at radius 3 is 2.07 bits per heavy atom. The quantitative estimate of drug-likeness (QED) is 0.0396. The smallest absolute Gasteiger partial charge is 0.387 e. The lowest BCUT2D eigenvalue weighted by atomic mass is 9.93. The molecule has 3 aromatic heterocycles. The minimum absolute atomic E-state index is 0.0471. The number of halogens is 3. The second kappa shape index (κ2) is 23.8. The molecule has 1 unspecified atom stereocenters. The van der Waals surface area contributed by atoms with Gasteiger partial charge in [-0.1, -0.05) is 103 Å². The van der Waals surface area contributed by atoms with Crippen molar-refractivity contribution in [2.75, 3.05) is 32.2 Å². The Balaban J connectivity index is 1.18. The molecule has 15 nitrogen and oxygen atoms in total. The van der Waals surface area contributed by atoms with Gasteiger partial charge in [-0.2, -0.15) is 18.3 Å². The first-order valence-corrected chi connectivity index (χ1v) is 22.1. The highest BCUT2D eigenvalue weighted by molar-refractivity contribution is 7.47. The van der Waals surface area contributed by atoms with E-state index < -0.39 is 63.1 Å². The lowest BCUT2D eigenvalue weighted by molar-refractivity contribution is -0.145. The average molecular weight is 847 g/mol. The van der Waals surface area contributed by atoms with Crippen LogP contribution in [0.4, 0.5) is 19.0 Å². The highest BCUT2D eigenvalue weighted by Gasteiger charge is 2.54. The van der Waals surface area contributed by atoms with Gasteiger partial charge in [0.05, 0.1) is 32.1 Å². The van der Waals surface area contributed by atoms with Crippen molar-refractivity contribution in [2.24, 2.45) is 0 Å². The van der Waals surface area contributed by atoms with E-state index in [0.29, 0.717) is 17.8 Å². The van der Waals surface area contributed by atoms with Gasteiger partial charge in [-0.15, -0.1) is 0 Å². The molecule has 0 aromatic carbocycles. The van der Waals surface area contributed by atoms with Crippen LogP contribution in [0, 0.1) is 0 Å². The van der Waals surface area contributed by atoms with Crippen LogP contribution in [0.2, 0.25) is 0 Å². The Morgan fingerprint density at radius 1 is 0.897 bits per heavy atom. The normalized spacial score (nSPS) is 21.5. The van der Waals surface area contributed by atoms with Crippen LogP contribution in [-0.2, 0) is 46.2 Å². The number of nitrogens with zero attached hydrogens (tertiary/aromatic N) is 5. The van der Waals surface area contributed by atoms with E-state index in [1.165, 1.54) is 94.8 Å². The summed E-state index contributed by atoms with van der Waals surface area (Å²) in [6, 6.07) is 3.24. The van der Waals surface area contributed by atoms with Crippen molar-refractivity contribution in [1.29, 1.82) is 0 Å². The predicted molar refractivity (Wildman–Crippen MR) is 209 cm³/mol. The summed E-state index contributed by atoms with van der Waals surface area (Å²) in [5.74, 6) is -1.10. The first-order valence-electron chi connectivity index (χ1n) is 20.6. The van der Waals surface area contributed by atoms with Crippen molar-refractivity contribution < 1.29 is 56.1 Å². The SMILES string of the molecule is CCCCCCCCCCCCCCCCCCOC[C@H](COP(=O)(O)OC[C@H]1O[C@@](C)(c2ccc3c(N)ncnn23)[C@H](O)[C@@H]1O)OCc1cnc(C(F)(F)F)nc1. The number of nitrogens with two attached hydrogens (primary N) is 1. The molecular formula is C39H62F3N6O9P. The first kappa shape index (κ1) is 47.9. The van der Waals surface area contributed by atoms with E-state index >= 15 is 0 Å². The van der Waals surface area contributed by atoms with Gasteiger partial charge in [-0.25, -0.2) is 24.0 Å². The van der Waals surface area contributed by atoms with Crippen LogP contribution in [0.1, 0.15) is 134 Å². The third-order valence-corrected chi connectivity index (χ3v) is 11.3. The topological polar surface area (TPSA) is 206 Å². The molecule has 4 rings (SSSR count). The molecule has 0 aliphatic carbocycles. The van der Waals surface area contributed by atoms with Gasteiger partial charge in [-0.3, -0.25) is 9.05 Å². The summed E-state index contributed by atoms with van der Waals surface area (Å²) < 4.78 is 81.1. The highest BCUT2D eigenvalue weighted by Crippen LogP contribution is 2.46. The monoisotopic (exact) mass is 846 g/mol. The number of alkyl halides is 3. The number of phosphoric ester groups is 1. The van der Waals surface area contributed by atoms with Crippen molar-refractivity contribution in [3.63, 3.8) is 0 Å². The van der Waals surface area contributed by atoms with Crippen molar-refractivity contribution in [3.8, 4) is 0 Å². The Kier molecular flexibility index (Phi) is 19.7. The van der Waals surface area contributed by atoms with E-state index in [0.717, 1.165) is 38.1 Å². The number of rotatable bonds is 29. The molecule has 0 radical (unpaired) electrons. The number of fused-ring (bicyclic) bond motifs is 1. The molecule has 58 heavy (non-hydrogen) atoms. The number of nitrogen functional groups attached to an aromatic ring is 1. The largest absolute Gasteiger partial charge is 0.472 e. The maximum atomic E-state index is 13.0. The minimum atomic E-state index is -4.79. The van der Waals surface area contributed by atoms with E-state index in [2.05, 4.69) is 27.0 Å². The number of hydrogen-bond donors (Lipinski definition) is 4. The molecule has 1 aliphatic heterocycles. The van der Waals surface area contributed by atoms with Gasteiger partial charge in [0.2, 0.25) is 5.82 Å². The maximum absolute atomic E-state index is 13.0. The third kappa shape index (κ3) is 15.0. The molecular weight excluding hydrogens is 784 g/mol. The van der Waals surface area contributed by atoms with Gasteiger partial charge >= 0.3 is 14.0 Å². The van der Waals surface area contributed by atoms with Gasteiger partial charge < -0.3 is 35.1 Å². The summed E-state index contributed by atoms with van der Waals surface area (Å²) in [7, 11) is -4.79. The summed E-state index contributed by atoms with van der Waals surface area (Å²) >= 11 is 0. The fourth-order valence-corrected chi connectivity index (χ4v) is 7.70. The zero-order chi connectivity index (χ0) is 42.0. The minimum Gasteiger partial charge on any atom is -0.387 e. The van der Waals surface area contributed by atoms with Gasteiger partial charge in [0.15, 0.2) is 5.82 Å². The molecule has 19 heteroatoms. The van der Waals surface area contributed by atoms with E-state index in [1.54, 1.807) is 12.1 Å². The first-order chi connectivity index (χ1) is 27.7. The molecule has 0 amide bonds. The van der Waals surface area contributed by atoms with Crippen molar-refractivity contribution in [2.45, 2.75) is 159 Å². The molecule has 6 atom stereocenters. The van der Waals surface area contributed by atoms with Gasteiger partial charge in [0.1, 0.15) is 41.9 Å². The average Bonchev–Trinajstić information content (AvgIpc) is 3.73. The number of ether oxygens (including phenoxy) is 3. The summed E-state index contributed by atoms with van der Waals surface area (Å²) in [6.45, 7) is 2.78. The lowest BCUT2D eigenvalue weighted by Gasteiger charge is -2.27. The van der Waals surface area contributed by atoms with Crippen LogP contribution in [0.5, 0.6) is 0 Å². The number of unbranched alkanes of at least 4 members (excludes halogenated alkanes) is 15. The fourth-order valence-electron chi connectivity index (χ4n) is 6.94. The maximum Gasteiger partial charge on any atom is 0.472 e. The summed E-state index contributed by atoms with van der Waals surface area (Å²) in [5.41, 5.74) is 5.46. The molecule has 0 saturated carbocycles. The molecule has 0 bridgehead atoms. The van der Waals surface area contributed by atoms with Crippen molar-refractivity contribution in [1.82, 2.24) is 24.6 Å². The molecule has 5 N–H and O–H groups in total. The van der Waals surface area contributed by atoms with Crippen LogP contribution in [0.3, 0.4) is 0 Å².